The van der Waals surface area contributed by atoms with E-state index in [2.05, 4.69) is 20.5 Å². The third kappa shape index (κ3) is 3.87. The summed E-state index contributed by atoms with van der Waals surface area (Å²) in [7, 11) is 0. The molecule has 0 bridgehead atoms. The molecule has 0 spiro atoms. The Labute approximate surface area is 186 Å². The number of aryl methyl sites for hydroxylation is 1. The molecule has 5 rings (SSSR count). The van der Waals surface area contributed by atoms with Crippen molar-refractivity contribution in [1.82, 2.24) is 15.2 Å². The Bertz CT molecular complexity index is 1300. The highest BCUT2D eigenvalue weighted by Crippen LogP contribution is 2.32. The van der Waals surface area contributed by atoms with Crippen molar-refractivity contribution < 1.29 is 9.21 Å². The zero-order valence-electron chi connectivity index (χ0n) is 16.4. The zero-order valence-corrected chi connectivity index (χ0v) is 17.9. The monoisotopic (exact) mass is 449 g/mol. The Morgan fingerprint density at radius 2 is 1.87 bits per heavy atom. The molecule has 2 aromatic carbocycles. The molecule has 0 saturated carbocycles. The smallest absolute Gasteiger partial charge is 0.317 e. The van der Waals surface area contributed by atoms with Crippen LogP contribution in [-0.4, -0.2) is 32.8 Å². The lowest BCUT2D eigenvalue weighted by molar-refractivity contribution is -0.119. The summed E-state index contributed by atoms with van der Waals surface area (Å²) in [5.41, 5.74) is 3.94. The van der Waals surface area contributed by atoms with Gasteiger partial charge in [-0.15, -0.1) is 16.4 Å². The molecule has 3 heterocycles. The van der Waals surface area contributed by atoms with Crippen molar-refractivity contribution in [1.29, 1.82) is 0 Å². The number of aliphatic imine (C=N–C) groups is 1. The van der Waals surface area contributed by atoms with Crippen molar-refractivity contribution in [3.05, 3.63) is 80.6 Å². The number of ketones is 1. The van der Waals surface area contributed by atoms with Crippen LogP contribution >= 0.6 is 22.9 Å². The molecular formula is C22H16ClN5O2S. The molecule has 31 heavy (non-hydrogen) atoms. The van der Waals surface area contributed by atoms with E-state index in [0.717, 1.165) is 27.4 Å². The fourth-order valence-corrected chi connectivity index (χ4v) is 4.51. The number of hydrogen-bond donors (Lipinski definition) is 1. The van der Waals surface area contributed by atoms with E-state index >= 15 is 0 Å². The largest absolute Gasteiger partial charge is 0.402 e. The van der Waals surface area contributed by atoms with Crippen LogP contribution in [0.4, 0.5) is 6.01 Å². The number of Topliss-reactive ketones (excluding diaryl/α,β-unsaturated/α-hetero) is 1. The third-order valence-electron chi connectivity index (χ3n) is 4.83. The van der Waals surface area contributed by atoms with Crippen LogP contribution in [0.1, 0.15) is 21.7 Å². The molecule has 0 amide bonds. The number of carbonyl (C=O) groups is 1. The predicted octanol–water partition coefficient (Wildman–Crippen LogP) is 4.56. The van der Waals surface area contributed by atoms with Gasteiger partial charge in [-0.25, -0.2) is 4.98 Å². The molecule has 9 heteroatoms. The number of carbonyl (C=O) groups excluding carboxylic acids is 1. The Kier molecular flexibility index (Phi) is 5.09. The molecule has 1 aliphatic heterocycles. The molecule has 7 nitrogen and oxygen atoms in total. The van der Waals surface area contributed by atoms with Crippen molar-refractivity contribution in [2.75, 3.05) is 5.32 Å². The topological polar surface area (TPSA) is 93.3 Å². The van der Waals surface area contributed by atoms with Crippen LogP contribution in [0.25, 0.3) is 11.6 Å². The minimum absolute atomic E-state index is 0.0807. The van der Waals surface area contributed by atoms with Gasteiger partial charge >= 0.3 is 6.01 Å². The molecule has 0 fully saturated rings. The van der Waals surface area contributed by atoms with Gasteiger partial charge in [0.05, 0.1) is 10.7 Å². The molecular weight excluding hydrogens is 434 g/mol. The number of halogens is 1. The molecule has 2 aromatic heterocycles. The highest BCUT2D eigenvalue weighted by Gasteiger charge is 2.27. The third-order valence-corrected chi connectivity index (χ3v) is 6.00. The summed E-state index contributed by atoms with van der Waals surface area (Å²) in [6.45, 7) is 1.84. The number of hydrogen-bond acceptors (Lipinski definition) is 8. The number of nitrogens with one attached hydrogen (secondary N) is 1. The highest BCUT2D eigenvalue weighted by atomic mass is 35.5. The Morgan fingerprint density at radius 1 is 1.10 bits per heavy atom. The van der Waals surface area contributed by atoms with E-state index < -0.39 is 6.17 Å². The maximum atomic E-state index is 13.0. The van der Waals surface area contributed by atoms with Crippen LogP contribution in [0, 0.1) is 6.92 Å². The van der Waals surface area contributed by atoms with Gasteiger partial charge in [-0.1, -0.05) is 71.3 Å². The van der Waals surface area contributed by atoms with Gasteiger partial charge in [0.25, 0.3) is 5.89 Å². The summed E-state index contributed by atoms with van der Waals surface area (Å²) in [6.07, 6.45) is -0.630. The number of aromatic nitrogens is 3. The second-order valence-corrected chi connectivity index (χ2v) is 8.76. The van der Waals surface area contributed by atoms with E-state index in [1.54, 1.807) is 0 Å². The number of rotatable bonds is 4. The van der Waals surface area contributed by atoms with E-state index in [-0.39, 0.29) is 24.1 Å². The molecule has 4 aromatic rings. The quantitative estimate of drug-likeness (QED) is 0.491. The molecule has 0 unspecified atom stereocenters. The van der Waals surface area contributed by atoms with Gasteiger partial charge in [0.1, 0.15) is 4.34 Å². The van der Waals surface area contributed by atoms with Crippen LogP contribution in [0.15, 0.2) is 64.0 Å². The number of thiazole rings is 1. The van der Waals surface area contributed by atoms with Gasteiger partial charge in [0.15, 0.2) is 17.6 Å². The average molecular weight is 450 g/mol. The minimum Gasteiger partial charge on any atom is -0.402 e. The maximum absolute atomic E-state index is 13.0. The van der Waals surface area contributed by atoms with Gasteiger partial charge in [-0.3, -0.25) is 9.79 Å². The van der Waals surface area contributed by atoms with Crippen molar-refractivity contribution in [2.24, 2.45) is 4.99 Å². The van der Waals surface area contributed by atoms with Gasteiger partial charge < -0.3 is 9.73 Å². The second-order valence-electron chi connectivity index (χ2n) is 6.96. The highest BCUT2D eigenvalue weighted by molar-refractivity contribution is 7.16. The summed E-state index contributed by atoms with van der Waals surface area (Å²) < 4.78 is 6.15. The Balaban J connectivity index is 1.51. The lowest BCUT2D eigenvalue weighted by Gasteiger charge is -2.11. The number of benzene rings is 2. The van der Waals surface area contributed by atoms with E-state index in [1.807, 2.05) is 61.5 Å². The molecule has 154 valence electrons. The van der Waals surface area contributed by atoms with Crippen molar-refractivity contribution >= 4 is 40.4 Å². The Hall–Kier alpha value is -3.36. The minimum atomic E-state index is -0.872. The molecule has 1 atom stereocenters. The van der Waals surface area contributed by atoms with Crippen LogP contribution in [0.2, 0.25) is 4.34 Å². The first-order chi connectivity index (χ1) is 15.1. The number of anilines is 1. The predicted molar refractivity (Wildman–Crippen MR) is 120 cm³/mol. The van der Waals surface area contributed by atoms with E-state index in [4.69, 9.17) is 21.0 Å². The lowest BCUT2D eigenvalue weighted by Crippen LogP contribution is -2.29. The number of nitrogens with zero attached hydrogens (tertiary/aromatic N) is 4. The summed E-state index contributed by atoms with van der Waals surface area (Å²) in [5, 5.41) is 11.8. The first-order valence-electron chi connectivity index (χ1n) is 9.56. The van der Waals surface area contributed by atoms with Crippen molar-refractivity contribution in [3.63, 3.8) is 0 Å². The first-order valence-corrected chi connectivity index (χ1v) is 10.8. The van der Waals surface area contributed by atoms with E-state index in [0.29, 0.717) is 10.0 Å². The summed E-state index contributed by atoms with van der Waals surface area (Å²) in [4.78, 5) is 22.1. The van der Waals surface area contributed by atoms with Crippen LogP contribution in [0.3, 0.4) is 0 Å². The Morgan fingerprint density at radius 3 is 2.65 bits per heavy atom. The summed E-state index contributed by atoms with van der Waals surface area (Å²) in [6, 6.07) is 17.7. The van der Waals surface area contributed by atoms with Gasteiger partial charge in [0.2, 0.25) is 0 Å². The summed E-state index contributed by atoms with van der Waals surface area (Å²) >= 11 is 7.53. The fourth-order valence-electron chi connectivity index (χ4n) is 3.43. The SMILES string of the molecule is Cc1nc(-c2nnc(N[C@H]3N=C(c4ccccc4)c4ccccc4CC3=O)o2)c(Cl)s1. The molecule has 0 aliphatic carbocycles. The summed E-state index contributed by atoms with van der Waals surface area (Å²) in [5.74, 6) is 0.0918. The molecule has 0 saturated heterocycles. The van der Waals surface area contributed by atoms with Gasteiger partial charge in [0, 0.05) is 17.5 Å². The maximum Gasteiger partial charge on any atom is 0.317 e. The first kappa shape index (κ1) is 19.6. The molecule has 1 aliphatic rings. The average Bonchev–Trinajstić information content (AvgIpc) is 3.33. The standard InChI is InChI=1S/C22H16ClN5O2S/c1-12-24-18(19(23)31-12)21-27-28-22(30-21)26-20-16(29)11-14-9-5-6-10-15(14)17(25-20)13-7-3-2-4-8-13/h2-10,20H,11H2,1H3,(H,26,28)/t20-/m1/s1. The number of fused-ring (bicyclic) bond motifs is 1. The molecule has 1 N–H and O–H groups in total. The van der Waals surface area contributed by atoms with Crippen LogP contribution in [0.5, 0.6) is 0 Å². The van der Waals surface area contributed by atoms with E-state index in [9.17, 15) is 4.79 Å². The normalized spacial score (nSPS) is 15.9. The van der Waals surface area contributed by atoms with Crippen LogP contribution < -0.4 is 5.32 Å². The van der Waals surface area contributed by atoms with Gasteiger partial charge in [-0.05, 0) is 12.5 Å². The fraction of sp³-hybridized carbons (Fsp3) is 0.136. The zero-order chi connectivity index (χ0) is 21.4. The van der Waals surface area contributed by atoms with E-state index in [1.165, 1.54) is 11.3 Å². The lowest BCUT2D eigenvalue weighted by atomic mass is 9.96. The van der Waals surface area contributed by atoms with Gasteiger partial charge in [-0.2, -0.15) is 0 Å². The second kappa shape index (κ2) is 8.05. The van der Waals surface area contributed by atoms with Crippen molar-refractivity contribution in [2.45, 2.75) is 19.5 Å². The van der Waals surface area contributed by atoms with Crippen molar-refractivity contribution in [3.8, 4) is 11.6 Å². The van der Waals surface area contributed by atoms with Crippen LogP contribution in [-0.2, 0) is 11.2 Å². The molecule has 0 radical (unpaired) electrons.